The average Bonchev–Trinajstić information content (AvgIpc) is 2.40. The van der Waals surface area contributed by atoms with Crippen molar-refractivity contribution in [1.29, 1.82) is 0 Å². The lowest BCUT2D eigenvalue weighted by Crippen LogP contribution is -2.23. The second-order valence-electron chi connectivity index (χ2n) is 5.06. The van der Waals surface area contributed by atoms with E-state index < -0.39 is 0 Å². The van der Waals surface area contributed by atoms with Crippen molar-refractivity contribution in [3.63, 3.8) is 0 Å². The molecule has 0 radical (unpaired) electrons. The quantitative estimate of drug-likeness (QED) is 0.755. The summed E-state index contributed by atoms with van der Waals surface area (Å²) in [4.78, 5) is 11.7. The Balaban J connectivity index is 1.99. The molecule has 0 unspecified atom stereocenters. The van der Waals surface area contributed by atoms with E-state index in [-0.39, 0.29) is 23.9 Å². The maximum Gasteiger partial charge on any atom is 0.138 e. The van der Waals surface area contributed by atoms with Crippen molar-refractivity contribution in [2.45, 2.75) is 38.9 Å². The number of rotatable bonds is 4. The van der Waals surface area contributed by atoms with Gasteiger partial charge in [-0.15, -0.1) is 0 Å². The fourth-order valence-corrected chi connectivity index (χ4v) is 2.10. The highest BCUT2D eigenvalue weighted by Gasteiger charge is 2.22. The molecule has 18 heavy (non-hydrogen) atoms. The molecule has 2 nitrogen and oxygen atoms in total. The minimum Gasteiger partial charge on any atom is -0.365 e. The van der Waals surface area contributed by atoms with Crippen LogP contribution >= 0.6 is 0 Å². The standard InChI is InChI=1S/C16H20O2/c1-12(2)15(17)11-14-9-6-10-16(18-14)13-7-4-3-5-8-13/h3-9,12,14,16H,10-11H2,1-2H3/t14-,16+/m0/s1. The molecule has 2 heteroatoms. The molecule has 0 bridgehead atoms. The van der Waals surface area contributed by atoms with E-state index in [1.165, 1.54) is 5.56 Å². The minimum atomic E-state index is -0.0705. The van der Waals surface area contributed by atoms with Gasteiger partial charge in [-0.25, -0.2) is 0 Å². The summed E-state index contributed by atoms with van der Waals surface area (Å²) in [6.45, 7) is 3.87. The van der Waals surface area contributed by atoms with Crippen LogP contribution in [0.5, 0.6) is 0 Å². The predicted molar refractivity (Wildman–Crippen MR) is 72.3 cm³/mol. The molecule has 0 saturated carbocycles. The number of carbonyl (C=O) groups is 1. The van der Waals surface area contributed by atoms with E-state index in [4.69, 9.17) is 4.74 Å². The number of carbonyl (C=O) groups excluding carboxylic acids is 1. The molecule has 96 valence electrons. The van der Waals surface area contributed by atoms with Gasteiger partial charge >= 0.3 is 0 Å². The van der Waals surface area contributed by atoms with E-state index in [0.29, 0.717) is 6.42 Å². The molecule has 0 amide bonds. The van der Waals surface area contributed by atoms with Gasteiger partial charge in [-0.2, -0.15) is 0 Å². The van der Waals surface area contributed by atoms with Gasteiger partial charge in [0.15, 0.2) is 0 Å². The Hall–Kier alpha value is -1.41. The van der Waals surface area contributed by atoms with Gasteiger partial charge in [0.2, 0.25) is 0 Å². The molecule has 1 aliphatic heterocycles. The summed E-state index contributed by atoms with van der Waals surface area (Å²) in [6.07, 6.45) is 5.52. The van der Waals surface area contributed by atoms with Crippen molar-refractivity contribution in [2.24, 2.45) is 5.92 Å². The zero-order valence-corrected chi connectivity index (χ0v) is 11.0. The van der Waals surface area contributed by atoms with Gasteiger partial charge < -0.3 is 4.74 Å². The Labute approximate surface area is 109 Å². The maximum atomic E-state index is 11.7. The lowest BCUT2D eigenvalue weighted by molar-refractivity contribution is -0.125. The fraction of sp³-hybridized carbons (Fsp3) is 0.438. The van der Waals surface area contributed by atoms with Gasteiger partial charge in [-0.1, -0.05) is 56.3 Å². The van der Waals surface area contributed by atoms with Crippen LogP contribution in [0.1, 0.15) is 38.4 Å². The monoisotopic (exact) mass is 244 g/mol. The van der Waals surface area contributed by atoms with E-state index in [1.807, 2.05) is 38.1 Å². The Morgan fingerprint density at radius 1 is 1.33 bits per heavy atom. The van der Waals surface area contributed by atoms with E-state index >= 15 is 0 Å². The second kappa shape index (κ2) is 5.96. The SMILES string of the molecule is CC(C)C(=O)C[C@@H]1C=CC[C@H](c2ccccc2)O1. The first-order valence-corrected chi connectivity index (χ1v) is 6.56. The molecule has 0 aliphatic carbocycles. The number of ketones is 1. The molecule has 1 aliphatic rings. The van der Waals surface area contributed by atoms with Gasteiger partial charge in [0.05, 0.1) is 12.2 Å². The van der Waals surface area contributed by atoms with E-state index in [2.05, 4.69) is 18.2 Å². The van der Waals surface area contributed by atoms with Crippen LogP contribution in [-0.4, -0.2) is 11.9 Å². The summed E-state index contributed by atoms with van der Waals surface area (Å²) in [5.74, 6) is 0.345. The van der Waals surface area contributed by atoms with Gasteiger partial charge in [-0.05, 0) is 12.0 Å². The lowest BCUT2D eigenvalue weighted by Gasteiger charge is -2.26. The van der Waals surface area contributed by atoms with Crippen LogP contribution in [0.2, 0.25) is 0 Å². The lowest BCUT2D eigenvalue weighted by atomic mass is 9.98. The minimum absolute atomic E-state index is 0.0705. The molecule has 0 spiro atoms. The van der Waals surface area contributed by atoms with Crippen LogP contribution in [0, 0.1) is 5.92 Å². The largest absolute Gasteiger partial charge is 0.365 e. The van der Waals surface area contributed by atoms with Crippen molar-refractivity contribution >= 4 is 5.78 Å². The zero-order valence-electron chi connectivity index (χ0n) is 11.0. The van der Waals surface area contributed by atoms with Crippen LogP contribution in [0.3, 0.4) is 0 Å². The summed E-state index contributed by atoms with van der Waals surface area (Å²) in [7, 11) is 0. The fourth-order valence-electron chi connectivity index (χ4n) is 2.10. The molecule has 0 saturated heterocycles. The highest BCUT2D eigenvalue weighted by molar-refractivity contribution is 5.81. The van der Waals surface area contributed by atoms with Crippen LogP contribution in [-0.2, 0) is 9.53 Å². The zero-order chi connectivity index (χ0) is 13.0. The highest BCUT2D eigenvalue weighted by Crippen LogP contribution is 2.28. The molecule has 0 fully saturated rings. The summed E-state index contributed by atoms with van der Waals surface area (Å²) in [5, 5.41) is 0. The van der Waals surface area contributed by atoms with Gasteiger partial charge in [0.25, 0.3) is 0 Å². The average molecular weight is 244 g/mol. The van der Waals surface area contributed by atoms with Crippen LogP contribution in [0.4, 0.5) is 0 Å². The van der Waals surface area contributed by atoms with Gasteiger partial charge in [0.1, 0.15) is 5.78 Å². The van der Waals surface area contributed by atoms with Crippen molar-refractivity contribution in [3.05, 3.63) is 48.0 Å². The van der Waals surface area contributed by atoms with Crippen LogP contribution in [0.25, 0.3) is 0 Å². The molecule has 0 N–H and O–H groups in total. The van der Waals surface area contributed by atoms with Crippen LogP contribution in [0.15, 0.2) is 42.5 Å². The Bertz CT molecular complexity index is 420. The number of hydrogen-bond acceptors (Lipinski definition) is 2. The van der Waals surface area contributed by atoms with Crippen molar-refractivity contribution in [2.75, 3.05) is 0 Å². The third-order valence-electron chi connectivity index (χ3n) is 3.26. The van der Waals surface area contributed by atoms with Crippen molar-refractivity contribution < 1.29 is 9.53 Å². The van der Waals surface area contributed by atoms with E-state index in [0.717, 1.165) is 6.42 Å². The van der Waals surface area contributed by atoms with Gasteiger partial charge in [0, 0.05) is 12.3 Å². The van der Waals surface area contributed by atoms with E-state index in [9.17, 15) is 4.79 Å². The second-order valence-corrected chi connectivity index (χ2v) is 5.06. The number of Topliss-reactive ketones (excluding diaryl/α,β-unsaturated/α-hetero) is 1. The van der Waals surface area contributed by atoms with Crippen molar-refractivity contribution in [3.8, 4) is 0 Å². The van der Waals surface area contributed by atoms with Crippen LogP contribution < -0.4 is 0 Å². The Morgan fingerprint density at radius 2 is 2.06 bits per heavy atom. The normalized spacial score (nSPS) is 23.3. The summed E-state index contributed by atoms with van der Waals surface area (Å²) < 4.78 is 5.99. The smallest absolute Gasteiger partial charge is 0.138 e. The predicted octanol–water partition coefficient (Wildman–Crippen LogP) is 3.69. The van der Waals surface area contributed by atoms with Crippen molar-refractivity contribution in [1.82, 2.24) is 0 Å². The number of ether oxygens (including phenoxy) is 1. The number of hydrogen-bond donors (Lipinski definition) is 0. The van der Waals surface area contributed by atoms with Gasteiger partial charge in [-0.3, -0.25) is 4.79 Å². The molecule has 1 aromatic rings. The maximum absolute atomic E-state index is 11.7. The first kappa shape index (κ1) is 13.0. The first-order valence-electron chi connectivity index (χ1n) is 6.56. The number of benzene rings is 1. The third kappa shape index (κ3) is 3.30. The summed E-state index contributed by atoms with van der Waals surface area (Å²) in [5.41, 5.74) is 1.18. The van der Waals surface area contributed by atoms with E-state index in [1.54, 1.807) is 0 Å². The Morgan fingerprint density at radius 3 is 2.72 bits per heavy atom. The molecule has 2 rings (SSSR count). The third-order valence-corrected chi connectivity index (χ3v) is 3.26. The first-order chi connectivity index (χ1) is 8.66. The molecular formula is C16H20O2. The molecule has 0 aromatic heterocycles. The molecule has 2 atom stereocenters. The molecule has 1 heterocycles. The molecule has 1 aromatic carbocycles. The summed E-state index contributed by atoms with van der Waals surface area (Å²) in [6, 6.07) is 10.2. The topological polar surface area (TPSA) is 26.3 Å². The molecular weight excluding hydrogens is 224 g/mol. The highest BCUT2D eigenvalue weighted by atomic mass is 16.5. The summed E-state index contributed by atoms with van der Waals surface area (Å²) >= 11 is 0. The Kier molecular flexibility index (Phi) is 4.32.